The first-order chi connectivity index (χ1) is 9.56. The van der Waals surface area contributed by atoms with Crippen LogP contribution >= 0.6 is 0 Å². The Morgan fingerprint density at radius 1 is 1.25 bits per heavy atom. The summed E-state index contributed by atoms with van der Waals surface area (Å²) in [6.45, 7) is 1.76. The quantitative estimate of drug-likeness (QED) is 0.719. The Hall–Kier alpha value is -1.30. The zero-order chi connectivity index (χ0) is 14.5. The van der Waals surface area contributed by atoms with E-state index < -0.39 is 5.97 Å². The van der Waals surface area contributed by atoms with Gasteiger partial charge in [0.25, 0.3) is 0 Å². The minimum absolute atomic E-state index is 0.000172. The van der Waals surface area contributed by atoms with Crippen molar-refractivity contribution in [2.45, 2.75) is 50.6 Å². The fourth-order valence-corrected chi connectivity index (χ4v) is 3.19. The lowest BCUT2D eigenvalue weighted by Gasteiger charge is -2.32. The SMILES string of the molecule is CN1CCCCC1CNC(=O)NC1CCC(C(=O)O)C1. The van der Waals surface area contributed by atoms with Crippen molar-refractivity contribution < 1.29 is 14.7 Å². The highest BCUT2D eigenvalue weighted by Crippen LogP contribution is 2.25. The third-order valence-electron chi connectivity index (χ3n) is 4.54. The van der Waals surface area contributed by atoms with Gasteiger partial charge >= 0.3 is 12.0 Å². The molecule has 1 aliphatic heterocycles. The third-order valence-corrected chi connectivity index (χ3v) is 4.54. The Kier molecular flexibility index (Phi) is 5.23. The number of amides is 2. The van der Waals surface area contributed by atoms with Crippen molar-refractivity contribution >= 4 is 12.0 Å². The number of hydrogen-bond acceptors (Lipinski definition) is 3. The average molecular weight is 283 g/mol. The number of hydrogen-bond donors (Lipinski definition) is 3. The molecule has 1 heterocycles. The van der Waals surface area contributed by atoms with Crippen molar-refractivity contribution in [1.82, 2.24) is 15.5 Å². The second kappa shape index (κ2) is 6.92. The molecule has 2 aliphatic rings. The van der Waals surface area contributed by atoms with Crippen LogP contribution in [0.25, 0.3) is 0 Å². The lowest BCUT2D eigenvalue weighted by atomic mass is 10.0. The normalized spacial score (nSPS) is 30.9. The van der Waals surface area contributed by atoms with Crippen LogP contribution in [0.1, 0.15) is 38.5 Å². The van der Waals surface area contributed by atoms with Crippen molar-refractivity contribution in [2.24, 2.45) is 5.92 Å². The molecule has 1 saturated carbocycles. The summed E-state index contributed by atoms with van der Waals surface area (Å²) in [5.74, 6) is -1.05. The van der Waals surface area contributed by atoms with Crippen LogP contribution in [0.15, 0.2) is 0 Å². The number of piperidine rings is 1. The summed E-state index contributed by atoms with van der Waals surface area (Å²) in [4.78, 5) is 25.0. The van der Waals surface area contributed by atoms with Crippen molar-refractivity contribution in [3.8, 4) is 0 Å². The van der Waals surface area contributed by atoms with Gasteiger partial charge in [0, 0.05) is 18.6 Å². The van der Waals surface area contributed by atoms with Gasteiger partial charge in [-0.2, -0.15) is 0 Å². The highest BCUT2D eigenvalue weighted by atomic mass is 16.4. The van der Waals surface area contributed by atoms with Crippen molar-refractivity contribution in [3.05, 3.63) is 0 Å². The maximum atomic E-state index is 11.8. The second-order valence-corrected chi connectivity index (χ2v) is 6.03. The summed E-state index contributed by atoms with van der Waals surface area (Å²) < 4.78 is 0. The Morgan fingerprint density at radius 2 is 2.05 bits per heavy atom. The molecule has 3 atom stereocenters. The van der Waals surface area contributed by atoms with Gasteiger partial charge in [0.2, 0.25) is 0 Å². The number of carboxylic acid groups (broad SMARTS) is 1. The molecule has 0 bridgehead atoms. The molecule has 2 rings (SSSR count). The van der Waals surface area contributed by atoms with Crippen LogP contribution in [0.3, 0.4) is 0 Å². The van der Waals surface area contributed by atoms with Crippen molar-refractivity contribution in [2.75, 3.05) is 20.1 Å². The minimum atomic E-state index is -0.751. The van der Waals surface area contributed by atoms with Gasteiger partial charge in [0.05, 0.1) is 5.92 Å². The molecule has 0 aromatic carbocycles. The molecular weight excluding hydrogens is 258 g/mol. The molecule has 2 amide bonds. The predicted octanol–water partition coefficient (Wildman–Crippen LogP) is 1.02. The van der Waals surface area contributed by atoms with Crippen LogP contribution < -0.4 is 10.6 Å². The fourth-order valence-electron chi connectivity index (χ4n) is 3.19. The monoisotopic (exact) mass is 283 g/mol. The average Bonchev–Trinajstić information content (AvgIpc) is 2.86. The summed E-state index contributed by atoms with van der Waals surface area (Å²) >= 11 is 0. The molecule has 6 nitrogen and oxygen atoms in total. The molecule has 1 aliphatic carbocycles. The summed E-state index contributed by atoms with van der Waals surface area (Å²) in [5, 5.41) is 14.7. The number of carbonyl (C=O) groups is 2. The minimum Gasteiger partial charge on any atom is -0.481 e. The first-order valence-electron chi connectivity index (χ1n) is 7.53. The molecule has 20 heavy (non-hydrogen) atoms. The molecule has 114 valence electrons. The van der Waals surface area contributed by atoms with E-state index in [9.17, 15) is 9.59 Å². The summed E-state index contributed by atoms with van der Waals surface area (Å²) in [7, 11) is 2.10. The lowest BCUT2D eigenvalue weighted by molar-refractivity contribution is -0.141. The number of carboxylic acids is 1. The summed E-state index contributed by atoms with van der Waals surface area (Å²) in [6, 6.07) is 0.255. The maximum absolute atomic E-state index is 11.8. The number of urea groups is 1. The van der Waals surface area contributed by atoms with E-state index in [0.29, 0.717) is 25.4 Å². The van der Waals surface area contributed by atoms with Crippen LogP contribution in [0.5, 0.6) is 0 Å². The van der Waals surface area contributed by atoms with Crippen molar-refractivity contribution in [1.29, 1.82) is 0 Å². The van der Waals surface area contributed by atoms with Crippen molar-refractivity contribution in [3.63, 3.8) is 0 Å². The molecule has 1 saturated heterocycles. The van der Waals surface area contributed by atoms with Crippen LogP contribution in [-0.4, -0.2) is 54.2 Å². The zero-order valence-electron chi connectivity index (χ0n) is 12.1. The molecule has 3 N–H and O–H groups in total. The van der Waals surface area contributed by atoms with Gasteiger partial charge < -0.3 is 20.6 Å². The van der Waals surface area contributed by atoms with Gasteiger partial charge in [-0.1, -0.05) is 6.42 Å². The van der Waals surface area contributed by atoms with Gasteiger partial charge in [-0.05, 0) is 45.7 Å². The maximum Gasteiger partial charge on any atom is 0.315 e. The number of likely N-dealkylation sites (N-methyl/N-ethyl adjacent to an activating group) is 1. The van der Waals surface area contributed by atoms with Gasteiger partial charge in [0.1, 0.15) is 0 Å². The number of rotatable bonds is 4. The van der Waals surface area contributed by atoms with Crippen LogP contribution in [0.2, 0.25) is 0 Å². The Labute approximate surface area is 119 Å². The topological polar surface area (TPSA) is 81.7 Å². The fraction of sp³-hybridized carbons (Fsp3) is 0.857. The highest BCUT2D eigenvalue weighted by Gasteiger charge is 2.30. The van der Waals surface area contributed by atoms with Gasteiger partial charge in [-0.3, -0.25) is 4.79 Å². The molecule has 0 aromatic rings. The van der Waals surface area contributed by atoms with Gasteiger partial charge in [-0.25, -0.2) is 4.79 Å². The van der Waals surface area contributed by atoms with Crippen LogP contribution in [0, 0.1) is 5.92 Å². The Morgan fingerprint density at radius 3 is 2.70 bits per heavy atom. The van der Waals surface area contributed by atoms with E-state index in [-0.39, 0.29) is 18.0 Å². The Bertz CT molecular complexity index is 362. The molecular formula is C14H25N3O3. The molecule has 0 spiro atoms. The Balaban J connectivity index is 1.67. The standard InChI is InChI=1S/C14H25N3O3/c1-17-7-3-2-4-12(17)9-15-14(20)16-11-6-5-10(8-11)13(18)19/h10-12H,2-9H2,1H3,(H,18,19)(H2,15,16,20). The number of aliphatic carboxylic acids is 1. The molecule has 0 aromatic heterocycles. The predicted molar refractivity (Wildman–Crippen MR) is 75.6 cm³/mol. The largest absolute Gasteiger partial charge is 0.481 e. The van der Waals surface area contributed by atoms with E-state index in [1.165, 1.54) is 12.8 Å². The summed E-state index contributed by atoms with van der Waals surface area (Å²) in [6.07, 6.45) is 5.55. The first kappa shape index (κ1) is 15.1. The van der Waals surface area contributed by atoms with Gasteiger partial charge in [-0.15, -0.1) is 0 Å². The number of likely N-dealkylation sites (tertiary alicyclic amines) is 1. The van der Waals surface area contributed by atoms with E-state index in [0.717, 1.165) is 19.4 Å². The molecule has 0 radical (unpaired) electrons. The van der Waals surface area contributed by atoms with E-state index in [1.807, 2.05) is 0 Å². The van der Waals surface area contributed by atoms with E-state index >= 15 is 0 Å². The zero-order valence-corrected chi connectivity index (χ0v) is 12.1. The number of carbonyl (C=O) groups excluding carboxylic acids is 1. The third kappa shape index (κ3) is 4.10. The molecule has 6 heteroatoms. The van der Waals surface area contributed by atoms with Crippen LogP contribution in [0.4, 0.5) is 4.79 Å². The first-order valence-corrected chi connectivity index (χ1v) is 7.53. The number of nitrogens with one attached hydrogen (secondary N) is 2. The van der Waals surface area contributed by atoms with Gasteiger partial charge in [0.15, 0.2) is 0 Å². The second-order valence-electron chi connectivity index (χ2n) is 6.03. The van der Waals surface area contributed by atoms with E-state index in [1.54, 1.807) is 0 Å². The van der Waals surface area contributed by atoms with E-state index in [2.05, 4.69) is 22.6 Å². The molecule has 3 unspecified atom stereocenters. The highest BCUT2D eigenvalue weighted by molar-refractivity contribution is 5.75. The smallest absolute Gasteiger partial charge is 0.315 e. The number of nitrogens with zero attached hydrogens (tertiary/aromatic N) is 1. The summed E-state index contributed by atoms with van der Waals surface area (Å²) in [5.41, 5.74) is 0. The lowest BCUT2D eigenvalue weighted by Crippen LogP contribution is -2.48. The van der Waals surface area contributed by atoms with E-state index in [4.69, 9.17) is 5.11 Å². The van der Waals surface area contributed by atoms with Crippen LogP contribution in [-0.2, 0) is 4.79 Å². The molecule has 2 fully saturated rings.